The fraction of sp³-hybridized carbons (Fsp3) is 0.500. The van der Waals surface area contributed by atoms with Crippen molar-refractivity contribution in [1.29, 1.82) is 0 Å². The highest BCUT2D eigenvalue weighted by Crippen LogP contribution is 2.30. The Balaban J connectivity index is 0.00000225. The number of hydrogen-bond acceptors (Lipinski definition) is 3. The molecule has 0 unspecified atom stereocenters. The van der Waals surface area contributed by atoms with Gasteiger partial charge in [-0.2, -0.15) is 0 Å². The predicted molar refractivity (Wildman–Crippen MR) is 68.3 cm³/mol. The Hall–Kier alpha value is -0.930. The van der Waals surface area contributed by atoms with E-state index in [1.54, 1.807) is 13.2 Å². The van der Waals surface area contributed by atoms with Gasteiger partial charge in [0.25, 0.3) is 0 Å². The minimum Gasteiger partial charge on any atom is -0.507 e. The first-order valence-electron chi connectivity index (χ1n) is 5.17. The summed E-state index contributed by atoms with van der Waals surface area (Å²) in [4.78, 5) is 0. The molecule has 0 aliphatic carbocycles. The van der Waals surface area contributed by atoms with Crippen molar-refractivity contribution in [3.05, 3.63) is 23.8 Å². The van der Waals surface area contributed by atoms with Crippen LogP contribution in [0.25, 0.3) is 0 Å². The zero-order valence-corrected chi connectivity index (χ0v) is 10.8. The second-order valence-electron chi connectivity index (χ2n) is 4.16. The molecule has 0 aliphatic rings. The number of methoxy groups -OCH3 is 1. The fourth-order valence-electron chi connectivity index (χ4n) is 1.60. The summed E-state index contributed by atoms with van der Waals surface area (Å²) in [5, 5.41) is 9.75. The molecular formula is C12H20ClNO2. The maximum Gasteiger partial charge on any atom is 0.124 e. The molecule has 1 aromatic rings. The van der Waals surface area contributed by atoms with Gasteiger partial charge >= 0.3 is 0 Å². The Bertz CT molecular complexity index is 329. The number of halogens is 1. The summed E-state index contributed by atoms with van der Waals surface area (Å²) in [6.07, 6.45) is 0.861. The fourth-order valence-corrected chi connectivity index (χ4v) is 1.60. The SMILES string of the molecule is COc1ccc([C@H](N)CC(C)C)c(O)c1.Cl. The molecule has 1 atom stereocenters. The molecule has 0 radical (unpaired) electrons. The molecule has 4 heteroatoms. The standard InChI is InChI=1S/C12H19NO2.ClH/c1-8(2)6-11(13)10-5-4-9(15-3)7-12(10)14;/h4-5,7-8,11,14H,6,13H2,1-3H3;1H/t11-;/m1./s1. The number of ether oxygens (including phenoxy) is 1. The van der Waals surface area contributed by atoms with Crippen LogP contribution in [0.5, 0.6) is 11.5 Å². The maximum atomic E-state index is 9.75. The Morgan fingerprint density at radius 3 is 2.44 bits per heavy atom. The number of benzene rings is 1. The van der Waals surface area contributed by atoms with E-state index in [9.17, 15) is 5.11 Å². The van der Waals surface area contributed by atoms with Crippen LogP contribution in [0.1, 0.15) is 31.9 Å². The Morgan fingerprint density at radius 1 is 1.38 bits per heavy atom. The molecule has 0 heterocycles. The molecule has 0 amide bonds. The van der Waals surface area contributed by atoms with Gasteiger partial charge < -0.3 is 15.6 Å². The molecule has 16 heavy (non-hydrogen) atoms. The van der Waals surface area contributed by atoms with Gasteiger partial charge in [0.2, 0.25) is 0 Å². The Morgan fingerprint density at radius 2 is 2.00 bits per heavy atom. The zero-order valence-electron chi connectivity index (χ0n) is 9.93. The van der Waals surface area contributed by atoms with E-state index in [4.69, 9.17) is 10.5 Å². The predicted octanol–water partition coefficient (Wildman–Crippen LogP) is 2.87. The number of aromatic hydroxyl groups is 1. The van der Waals surface area contributed by atoms with Crippen LogP contribution in [0.15, 0.2) is 18.2 Å². The van der Waals surface area contributed by atoms with E-state index in [2.05, 4.69) is 13.8 Å². The lowest BCUT2D eigenvalue weighted by Crippen LogP contribution is -2.13. The van der Waals surface area contributed by atoms with E-state index >= 15 is 0 Å². The van der Waals surface area contributed by atoms with Crippen LogP contribution in [-0.2, 0) is 0 Å². The van der Waals surface area contributed by atoms with Crippen LogP contribution < -0.4 is 10.5 Å². The lowest BCUT2D eigenvalue weighted by molar-refractivity contribution is 0.403. The highest BCUT2D eigenvalue weighted by atomic mass is 35.5. The van der Waals surface area contributed by atoms with Gasteiger partial charge in [-0.15, -0.1) is 12.4 Å². The van der Waals surface area contributed by atoms with E-state index < -0.39 is 0 Å². The summed E-state index contributed by atoms with van der Waals surface area (Å²) >= 11 is 0. The van der Waals surface area contributed by atoms with E-state index in [-0.39, 0.29) is 24.2 Å². The van der Waals surface area contributed by atoms with Crippen LogP contribution in [0.4, 0.5) is 0 Å². The summed E-state index contributed by atoms with van der Waals surface area (Å²) < 4.78 is 5.01. The molecule has 0 saturated heterocycles. The van der Waals surface area contributed by atoms with Gasteiger partial charge in [-0.25, -0.2) is 0 Å². The smallest absolute Gasteiger partial charge is 0.124 e. The molecule has 0 aromatic heterocycles. The van der Waals surface area contributed by atoms with Crippen molar-refractivity contribution in [2.24, 2.45) is 11.7 Å². The summed E-state index contributed by atoms with van der Waals surface area (Å²) in [7, 11) is 1.57. The lowest BCUT2D eigenvalue weighted by Gasteiger charge is -2.16. The molecule has 3 nitrogen and oxygen atoms in total. The first kappa shape index (κ1) is 15.1. The van der Waals surface area contributed by atoms with Crippen molar-refractivity contribution in [3.8, 4) is 11.5 Å². The van der Waals surface area contributed by atoms with Gasteiger partial charge in [0.05, 0.1) is 7.11 Å². The van der Waals surface area contributed by atoms with Crippen molar-refractivity contribution in [2.75, 3.05) is 7.11 Å². The molecule has 1 aromatic carbocycles. The Kier molecular flexibility index (Phi) is 6.22. The lowest BCUT2D eigenvalue weighted by atomic mass is 9.97. The summed E-state index contributed by atoms with van der Waals surface area (Å²) in [5.41, 5.74) is 6.77. The largest absolute Gasteiger partial charge is 0.507 e. The topological polar surface area (TPSA) is 55.5 Å². The number of rotatable bonds is 4. The normalized spacial score (nSPS) is 12.1. The minimum absolute atomic E-state index is 0. The van der Waals surface area contributed by atoms with Gasteiger partial charge in [-0.3, -0.25) is 0 Å². The monoisotopic (exact) mass is 245 g/mol. The molecular weight excluding hydrogens is 226 g/mol. The van der Waals surface area contributed by atoms with E-state index in [1.807, 2.05) is 12.1 Å². The average molecular weight is 246 g/mol. The van der Waals surface area contributed by atoms with E-state index in [0.29, 0.717) is 11.7 Å². The van der Waals surface area contributed by atoms with E-state index in [0.717, 1.165) is 12.0 Å². The summed E-state index contributed by atoms with van der Waals surface area (Å²) in [6.45, 7) is 4.22. The average Bonchev–Trinajstić information content (AvgIpc) is 2.16. The maximum absolute atomic E-state index is 9.75. The van der Waals surface area contributed by atoms with Crippen molar-refractivity contribution in [1.82, 2.24) is 0 Å². The van der Waals surface area contributed by atoms with Gasteiger partial charge in [-0.05, 0) is 18.4 Å². The highest BCUT2D eigenvalue weighted by Gasteiger charge is 2.12. The third-order valence-corrected chi connectivity index (χ3v) is 2.36. The van der Waals surface area contributed by atoms with Gasteiger partial charge in [0.1, 0.15) is 11.5 Å². The molecule has 0 bridgehead atoms. The number of nitrogens with two attached hydrogens (primary N) is 1. The summed E-state index contributed by atoms with van der Waals surface area (Å²) in [5.74, 6) is 1.37. The van der Waals surface area contributed by atoms with E-state index in [1.165, 1.54) is 0 Å². The van der Waals surface area contributed by atoms with Crippen LogP contribution in [0.3, 0.4) is 0 Å². The third kappa shape index (κ3) is 3.91. The number of hydrogen-bond donors (Lipinski definition) is 2. The highest BCUT2D eigenvalue weighted by molar-refractivity contribution is 5.85. The van der Waals surface area contributed by atoms with Crippen LogP contribution >= 0.6 is 12.4 Å². The van der Waals surface area contributed by atoms with Crippen molar-refractivity contribution in [3.63, 3.8) is 0 Å². The minimum atomic E-state index is -0.115. The first-order chi connectivity index (χ1) is 7.04. The van der Waals surface area contributed by atoms with Crippen molar-refractivity contribution >= 4 is 12.4 Å². The van der Waals surface area contributed by atoms with Gasteiger partial charge in [0.15, 0.2) is 0 Å². The van der Waals surface area contributed by atoms with Crippen LogP contribution in [0, 0.1) is 5.92 Å². The molecule has 0 aliphatic heterocycles. The van der Waals surface area contributed by atoms with Crippen LogP contribution in [-0.4, -0.2) is 12.2 Å². The number of phenolic OH excluding ortho intramolecular Hbond substituents is 1. The molecule has 0 fully saturated rings. The Labute approximate surface area is 103 Å². The molecule has 3 N–H and O–H groups in total. The van der Waals surface area contributed by atoms with Gasteiger partial charge in [0, 0.05) is 17.7 Å². The van der Waals surface area contributed by atoms with Gasteiger partial charge in [-0.1, -0.05) is 19.9 Å². The zero-order chi connectivity index (χ0) is 11.4. The second-order valence-corrected chi connectivity index (χ2v) is 4.16. The third-order valence-electron chi connectivity index (χ3n) is 2.36. The quantitative estimate of drug-likeness (QED) is 0.858. The van der Waals surface area contributed by atoms with Crippen molar-refractivity contribution < 1.29 is 9.84 Å². The van der Waals surface area contributed by atoms with Crippen LogP contribution in [0.2, 0.25) is 0 Å². The molecule has 0 saturated carbocycles. The molecule has 1 rings (SSSR count). The molecule has 0 spiro atoms. The molecule has 92 valence electrons. The first-order valence-corrected chi connectivity index (χ1v) is 5.17. The summed E-state index contributed by atoms with van der Waals surface area (Å²) in [6, 6.07) is 5.11. The van der Waals surface area contributed by atoms with Crippen molar-refractivity contribution in [2.45, 2.75) is 26.3 Å². The number of phenols is 1. The second kappa shape index (κ2) is 6.61.